The zero-order valence-electron chi connectivity index (χ0n) is 13.1. The molecule has 1 atom stereocenters. The first-order chi connectivity index (χ1) is 10.6. The fourth-order valence-corrected chi connectivity index (χ4v) is 3.50. The lowest BCUT2D eigenvalue weighted by Crippen LogP contribution is -2.49. The first kappa shape index (κ1) is 17.0. The van der Waals surface area contributed by atoms with E-state index >= 15 is 0 Å². The molecule has 22 heavy (non-hydrogen) atoms. The maximum Gasteiger partial charge on any atom is 0.193 e. The smallest absolute Gasteiger partial charge is 0.193 e. The minimum absolute atomic E-state index is 0.0213. The summed E-state index contributed by atoms with van der Waals surface area (Å²) in [5.41, 5.74) is 1.79. The van der Waals surface area contributed by atoms with Crippen LogP contribution in [-0.2, 0) is 9.63 Å². The molecule has 0 bridgehead atoms. The zero-order valence-corrected chi connectivity index (χ0v) is 14.7. The van der Waals surface area contributed by atoms with Gasteiger partial charge >= 0.3 is 0 Å². The number of nitrogens with zero attached hydrogens (tertiary/aromatic N) is 1. The molecule has 2 rings (SSSR count). The minimum atomic E-state index is -0.0662. The molecule has 120 valence electrons. The van der Waals surface area contributed by atoms with Gasteiger partial charge in [0.25, 0.3) is 0 Å². The quantitative estimate of drug-likeness (QED) is 0.832. The molecule has 7 heteroatoms. The molecule has 0 aliphatic carbocycles. The number of nitrogens with one attached hydrogen (secondary N) is 1. The molecule has 1 N–H and O–H groups in total. The lowest BCUT2D eigenvalue weighted by molar-refractivity contribution is 0.0508. The van der Waals surface area contributed by atoms with Crippen LogP contribution in [0.2, 0.25) is 0 Å². The summed E-state index contributed by atoms with van der Waals surface area (Å²) in [5, 5.41) is 7.09. The molecule has 0 radical (unpaired) electrons. The van der Waals surface area contributed by atoms with Gasteiger partial charge in [-0.05, 0) is 43.2 Å². The number of rotatable bonds is 5. The number of hydrogen-bond donors (Lipinski definition) is 1. The molecule has 0 fully saturated rings. The molecule has 0 saturated carbocycles. The second-order valence-electron chi connectivity index (χ2n) is 5.01. The maximum atomic E-state index is 10.9. The summed E-state index contributed by atoms with van der Waals surface area (Å²) >= 11 is 1.70. The lowest BCUT2D eigenvalue weighted by Gasteiger charge is -2.39. The third-order valence-corrected chi connectivity index (χ3v) is 4.41. The van der Waals surface area contributed by atoms with Crippen molar-refractivity contribution < 1.29 is 14.4 Å². The largest absolute Gasteiger partial charge is 0.497 e. The van der Waals surface area contributed by atoms with Gasteiger partial charge in [0, 0.05) is 11.8 Å². The molecule has 1 aromatic rings. The van der Waals surface area contributed by atoms with Gasteiger partial charge in [-0.15, -0.1) is 0 Å². The van der Waals surface area contributed by atoms with E-state index in [0.717, 1.165) is 38.8 Å². The van der Waals surface area contributed by atoms with Gasteiger partial charge in [-0.2, -0.15) is 11.8 Å². The maximum absolute atomic E-state index is 10.9. The SMILES string of the molecule is COc1ccc2c(c1)N(OC(C)C)[C@@H](CSC)C(=S=C=O)N2. The predicted molar refractivity (Wildman–Crippen MR) is 95.8 cm³/mol. The summed E-state index contributed by atoms with van der Waals surface area (Å²) in [6.07, 6.45) is 2.05. The average Bonchev–Trinajstić information content (AvgIpc) is 2.50. The Bertz CT molecular complexity index is 623. The van der Waals surface area contributed by atoms with E-state index in [0.29, 0.717) is 0 Å². The van der Waals surface area contributed by atoms with Gasteiger partial charge in [-0.3, -0.25) is 4.84 Å². The highest BCUT2D eigenvalue weighted by Crippen LogP contribution is 2.37. The van der Waals surface area contributed by atoms with Gasteiger partial charge in [0.2, 0.25) is 0 Å². The van der Waals surface area contributed by atoms with Crippen molar-refractivity contribution in [2.75, 3.05) is 29.5 Å². The molecular formula is C15H20N2O3S2. The van der Waals surface area contributed by atoms with E-state index in [1.165, 1.54) is 0 Å². The fourth-order valence-electron chi connectivity index (χ4n) is 2.21. The van der Waals surface area contributed by atoms with Crippen LogP contribution >= 0.6 is 22.7 Å². The molecule has 0 aromatic heterocycles. The number of methoxy groups -OCH3 is 1. The summed E-state index contributed by atoms with van der Waals surface area (Å²) < 4.78 is 5.31. The number of hydroxylamine groups is 1. The van der Waals surface area contributed by atoms with E-state index in [1.54, 1.807) is 18.9 Å². The molecular weight excluding hydrogens is 320 g/mol. The molecule has 0 unspecified atom stereocenters. The number of ether oxygens (including phenoxy) is 1. The van der Waals surface area contributed by atoms with Gasteiger partial charge in [0.15, 0.2) is 5.23 Å². The van der Waals surface area contributed by atoms with Crippen molar-refractivity contribution in [1.82, 2.24) is 0 Å². The average molecular weight is 340 g/mol. The topological polar surface area (TPSA) is 50.8 Å². The Kier molecular flexibility index (Phi) is 5.97. The van der Waals surface area contributed by atoms with Crippen LogP contribution in [0.15, 0.2) is 18.2 Å². The monoisotopic (exact) mass is 340 g/mol. The molecule has 1 aliphatic rings. The standard InChI is InChI=1S/C15H20N2O3S2/c1-10(2)20-17-13-7-11(19-3)5-6-12(13)16-15(22-9-18)14(17)8-21-4/h5-7,10,14,16H,8H2,1-4H3/t14-/m0/s1. The number of hydrogen-bond acceptors (Lipinski definition) is 5. The van der Waals surface area contributed by atoms with E-state index < -0.39 is 0 Å². The van der Waals surface area contributed by atoms with Gasteiger partial charge in [0.1, 0.15) is 16.8 Å². The van der Waals surface area contributed by atoms with Crippen molar-refractivity contribution >= 4 is 44.3 Å². The third-order valence-electron chi connectivity index (χ3n) is 3.09. The van der Waals surface area contributed by atoms with Crippen LogP contribution in [-0.4, -0.2) is 41.5 Å². The van der Waals surface area contributed by atoms with Crippen molar-refractivity contribution in [1.29, 1.82) is 0 Å². The third kappa shape index (κ3) is 3.67. The van der Waals surface area contributed by atoms with Gasteiger partial charge in [0.05, 0.1) is 24.6 Å². The van der Waals surface area contributed by atoms with Crippen molar-refractivity contribution in [3.05, 3.63) is 18.2 Å². The van der Waals surface area contributed by atoms with E-state index in [9.17, 15) is 4.79 Å². The molecule has 0 saturated heterocycles. The number of carbonyl (C=O) groups excluding carboxylic acids is 1. The predicted octanol–water partition coefficient (Wildman–Crippen LogP) is 2.93. The lowest BCUT2D eigenvalue weighted by atomic mass is 10.1. The summed E-state index contributed by atoms with van der Waals surface area (Å²) in [5.74, 6) is 1.55. The van der Waals surface area contributed by atoms with Crippen LogP contribution < -0.4 is 15.1 Å². The second kappa shape index (κ2) is 7.74. The van der Waals surface area contributed by atoms with Crippen LogP contribution in [0.5, 0.6) is 5.75 Å². The Morgan fingerprint density at radius 1 is 1.45 bits per heavy atom. The Morgan fingerprint density at radius 2 is 2.23 bits per heavy atom. The number of thioether (sulfide) groups is 1. The van der Waals surface area contributed by atoms with E-state index in [1.807, 2.05) is 48.6 Å². The second-order valence-corrected chi connectivity index (χ2v) is 6.73. The first-order valence-corrected chi connectivity index (χ1v) is 9.12. The van der Waals surface area contributed by atoms with Crippen molar-refractivity contribution in [3.63, 3.8) is 0 Å². The Labute approximate surface area is 138 Å². The number of anilines is 2. The Balaban J connectivity index is 2.55. The highest BCUT2D eigenvalue weighted by atomic mass is 32.2. The highest BCUT2D eigenvalue weighted by molar-refractivity contribution is 7.99. The normalized spacial score (nSPS) is 16.9. The number of fused-ring (bicyclic) bond motifs is 1. The van der Waals surface area contributed by atoms with E-state index in [2.05, 4.69) is 5.32 Å². The summed E-state index contributed by atoms with van der Waals surface area (Å²) in [6.45, 7) is 3.97. The van der Waals surface area contributed by atoms with Crippen molar-refractivity contribution in [2.24, 2.45) is 0 Å². The van der Waals surface area contributed by atoms with E-state index in [-0.39, 0.29) is 12.1 Å². The Hall–Kier alpha value is -1.40. The van der Waals surface area contributed by atoms with Crippen LogP contribution in [0.25, 0.3) is 0 Å². The van der Waals surface area contributed by atoms with Crippen molar-refractivity contribution in [2.45, 2.75) is 26.0 Å². The van der Waals surface area contributed by atoms with Crippen molar-refractivity contribution in [3.8, 4) is 5.75 Å². The van der Waals surface area contributed by atoms with Gasteiger partial charge < -0.3 is 10.1 Å². The van der Waals surface area contributed by atoms with E-state index in [4.69, 9.17) is 9.57 Å². The van der Waals surface area contributed by atoms with Crippen LogP contribution in [0, 0.1) is 0 Å². The van der Waals surface area contributed by atoms with Crippen LogP contribution in [0.4, 0.5) is 11.4 Å². The molecule has 1 aromatic carbocycles. The van der Waals surface area contributed by atoms with Gasteiger partial charge in [-0.25, -0.2) is 9.86 Å². The van der Waals surface area contributed by atoms with Crippen LogP contribution in [0.1, 0.15) is 13.8 Å². The minimum Gasteiger partial charge on any atom is -0.497 e. The highest BCUT2D eigenvalue weighted by Gasteiger charge is 2.32. The fraction of sp³-hybridized carbons (Fsp3) is 0.467. The molecule has 0 spiro atoms. The molecule has 5 nitrogen and oxygen atoms in total. The summed E-state index contributed by atoms with van der Waals surface area (Å²) in [6, 6.07) is 5.67. The summed E-state index contributed by atoms with van der Waals surface area (Å²) in [4.78, 5) is 17.7. The zero-order chi connectivity index (χ0) is 16.1. The first-order valence-electron chi connectivity index (χ1n) is 6.91. The molecule has 0 amide bonds. The Morgan fingerprint density at radius 3 is 2.82 bits per heavy atom. The van der Waals surface area contributed by atoms with Gasteiger partial charge in [-0.1, -0.05) is 0 Å². The number of benzene rings is 1. The molecule has 1 aliphatic heterocycles. The summed E-state index contributed by atoms with van der Waals surface area (Å²) in [7, 11) is 2.68. The van der Waals surface area contributed by atoms with Crippen LogP contribution in [0.3, 0.4) is 0 Å². The molecule has 1 heterocycles.